The van der Waals surface area contributed by atoms with Crippen molar-refractivity contribution in [2.75, 3.05) is 0 Å². The molecule has 1 heterocycles. The van der Waals surface area contributed by atoms with E-state index in [1.165, 1.54) is 25.7 Å². The summed E-state index contributed by atoms with van der Waals surface area (Å²) in [5, 5.41) is 0. The monoisotopic (exact) mass is 490 g/mol. The molecule has 0 amide bonds. The number of fused-ring (bicyclic) bond motifs is 1. The van der Waals surface area contributed by atoms with Gasteiger partial charge >= 0.3 is 64.2 Å². The van der Waals surface area contributed by atoms with Gasteiger partial charge in [0.1, 0.15) is 6.10 Å². The number of carbonyl (C=O) groups excluding carboxylic acids is 1. The molecule has 1 atom stereocenters. The maximum atomic E-state index is 13.9. The maximum Gasteiger partial charge on any atom is 1.00 e. The molecule has 30 heavy (non-hydrogen) atoms. The van der Waals surface area contributed by atoms with Crippen molar-refractivity contribution in [2.45, 2.75) is 89.3 Å². The van der Waals surface area contributed by atoms with Gasteiger partial charge in [0.2, 0.25) is 5.82 Å². The molecular weight excluding hydrogens is 460 g/mol. The van der Waals surface area contributed by atoms with Gasteiger partial charge in [-0.3, -0.25) is 4.79 Å². The first kappa shape index (κ1) is 24.8. The van der Waals surface area contributed by atoms with E-state index in [1.54, 1.807) is 6.07 Å². The van der Waals surface area contributed by atoms with Crippen molar-refractivity contribution in [1.29, 1.82) is 0 Å². The van der Waals surface area contributed by atoms with Gasteiger partial charge in [-0.1, -0.05) is 18.9 Å². The van der Waals surface area contributed by atoms with Gasteiger partial charge in [0.25, 0.3) is 0 Å². The minimum atomic E-state index is -0.928. The number of carbonyl (C=O) groups is 1. The van der Waals surface area contributed by atoms with E-state index in [2.05, 4.69) is 6.42 Å². The van der Waals surface area contributed by atoms with Crippen LogP contribution in [0.25, 0.3) is 0 Å². The molecule has 0 aromatic heterocycles. The molecule has 0 N–H and O–H groups in total. The zero-order valence-corrected chi connectivity index (χ0v) is 22.9. The summed E-state index contributed by atoms with van der Waals surface area (Å²) in [6, 6.07) is 2.71. The summed E-state index contributed by atoms with van der Waals surface area (Å²) in [6.07, 6.45) is 13.7. The zero-order chi connectivity index (χ0) is 20.2. The maximum absolute atomic E-state index is 13.9. The fraction of sp³-hybridized carbons (Fsp3) is 0.667. The molecular formula is C24H31F2O3Rb. The average Bonchev–Trinajstić information content (AvgIpc) is 2.76. The Morgan fingerprint density at radius 2 is 1.73 bits per heavy atom. The number of benzene rings is 1. The number of aryl methyl sites for hydroxylation is 1. The molecule has 3 aliphatic rings. The summed E-state index contributed by atoms with van der Waals surface area (Å²) < 4.78 is 38.7. The molecule has 2 saturated carbocycles. The summed E-state index contributed by atoms with van der Waals surface area (Å²) >= 11 is 0. The summed E-state index contributed by atoms with van der Waals surface area (Å²) in [6.45, 7) is 0. The quantitative estimate of drug-likeness (QED) is 0.470. The molecule has 4 rings (SSSR count). The van der Waals surface area contributed by atoms with Crippen LogP contribution in [0.5, 0.6) is 5.75 Å². The van der Waals surface area contributed by atoms with Crippen molar-refractivity contribution < 1.29 is 81.2 Å². The van der Waals surface area contributed by atoms with E-state index in [0.717, 1.165) is 43.6 Å². The Bertz CT molecular complexity index is 713. The van der Waals surface area contributed by atoms with E-state index in [9.17, 15) is 13.6 Å². The van der Waals surface area contributed by atoms with Gasteiger partial charge in [-0.15, -0.1) is 0 Å². The van der Waals surface area contributed by atoms with Crippen molar-refractivity contribution in [3.05, 3.63) is 35.8 Å². The van der Waals surface area contributed by atoms with Crippen LogP contribution >= 0.6 is 0 Å². The van der Waals surface area contributed by atoms with Gasteiger partial charge in [0, 0.05) is 6.42 Å². The molecule has 2 fully saturated rings. The second-order valence-electron chi connectivity index (χ2n) is 8.90. The van der Waals surface area contributed by atoms with Crippen molar-refractivity contribution in [1.82, 2.24) is 0 Å². The molecule has 1 aromatic carbocycles. The second kappa shape index (κ2) is 11.9. The predicted molar refractivity (Wildman–Crippen MR) is 106 cm³/mol. The number of esters is 1. The molecule has 1 unspecified atom stereocenters. The van der Waals surface area contributed by atoms with Gasteiger partial charge < -0.3 is 15.9 Å². The van der Waals surface area contributed by atoms with Crippen LogP contribution in [0, 0.1) is 29.9 Å². The standard InChI is InChI=1S/C24H31F2O3.Rb/c25-21-14-9-18-8-12-20(29-24(18)23(21)26)13-15-22(27)28-19-10-6-17(7-11-19)16-4-2-1-3-5-16;/h1,9,14,16-17,19-20H,2-8,10-13,15H2;/q-1;+1. The number of hydrogen-bond acceptors (Lipinski definition) is 3. The van der Waals surface area contributed by atoms with Crippen LogP contribution in [-0.4, -0.2) is 18.2 Å². The zero-order valence-electron chi connectivity index (χ0n) is 18.0. The van der Waals surface area contributed by atoms with Crippen molar-refractivity contribution in [3.63, 3.8) is 0 Å². The molecule has 0 spiro atoms. The van der Waals surface area contributed by atoms with Gasteiger partial charge in [-0.05, 0) is 68.4 Å². The van der Waals surface area contributed by atoms with Gasteiger partial charge in [-0.25, -0.2) is 4.39 Å². The van der Waals surface area contributed by atoms with Crippen molar-refractivity contribution in [3.8, 4) is 5.75 Å². The molecule has 0 radical (unpaired) electrons. The molecule has 6 heteroatoms. The van der Waals surface area contributed by atoms with Crippen molar-refractivity contribution >= 4 is 5.97 Å². The largest absolute Gasteiger partial charge is 1.00 e. The van der Waals surface area contributed by atoms with Crippen LogP contribution in [0.2, 0.25) is 0 Å². The van der Waals surface area contributed by atoms with E-state index in [0.29, 0.717) is 24.8 Å². The normalized spacial score (nSPS) is 26.8. The minimum Gasteiger partial charge on any atom is -0.487 e. The Labute approximate surface area is 227 Å². The number of hydrogen-bond donors (Lipinski definition) is 0. The topological polar surface area (TPSA) is 35.5 Å². The van der Waals surface area contributed by atoms with E-state index in [1.807, 2.05) is 0 Å². The number of halogens is 2. The first-order valence-electron chi connectivity index (χ1n) is 11.2. The second-order valence-corrected chi connectivity index (χ2v) is 8.90. The molecule has 1 aromatic rings. The molecule has 0 saturated heterocycles. The van der Waals surface area contributed by atoms with Crippen LogP contribution < -0.4 is 62.9 Å². The summed E-state index contributed by atoms with van der Waals surface area (Å²) in [7, 11) is 0. The van der Waals surface area contributed by atoms with Crippen molar-refractivity contribution in [2.24, 2.45) is 11.8 Å². The molecule has 3 nitrogen and oxygen atoms in total. The SMILES string of the molecule is O=C(CCC1CCc2ccc(F)c(F)c2O1)OC1CCC(C2CC[CH-]CC2)CC1.[Rb+]. The fourth-order valence-corrected chi connectivity index (χ4v) is 5.27. The van der Waals surface area contributed by atoms with Crippen LogP contribution in [-0.2, 0) is 16.0 Å². The van der Waals surface area contributed by atoms with E-state index in [-0.39, 0.29) is 88.5 Å². The Hall–Kier alpha value is 0.155. The molecule has 2 aliphatic carbocycles. The Balaban J connectivity index is 0.00000256. The number of rotatable bonds is 5. The average molecular weight is 491 g/mol. The summed E-state index contributed by atoms with van der Waals surface area (Å²) in [5.41, 5.74) is 0.690. The Morgan fingerprint density at radius 1 is 1.03 bits per heavy atom. The van der Waals surface area contributed by atoms with Gasteiger partial charge in [0.05, 0.1) is 6.10 Å². The minimum absolute atomic E-state index is 0. The van der Waals surface area contributed by atoms with Crippen LogP contribution in [0.15, 0.2) is 12.1 Å². The smallest absolute Gasteiger partial charge is 0.487 e. The van der Waals surface area contributed by atoms with Gasteiger partial charge in [-0.2, -0.15) is 17.2 Å². The summed E-state index contributed by atoms with van der Waals surface area (Å²) in [5.74, 6) is -0.367. The van der Waals surface area contributed by atoms with E-state index >= 15 is 0 Å². The summed E-state index contributed by atoms with van der Waals surface area (Å²) in [4.78, 5) is 12.3. The molecule has 0 bridgehead atoms. The number of ether oxygens (including phenoxy) is 2. The third-order valence-electron chi connectivity index (χ3n) is 6.99. The third kappa shape index (κ3) is 6.36. The van der Waals surface area contributed by atoms with E-state index < -0.39 is 11.6 Å². The molecule has 1 aliphatic heterocycles. The van der Waals surface area contributed by atoms with Crippen LogP contribution in [0.4, 0.5) is 8.78 Å². The molecule has 160 valence electrons. The predicted octanol–water partition coefficient (Wildman–Crippen LogP) is 2.94. The van der Waals surface area contributed by atoms with E-state index in [4.69, 9.17) is 9.47 Å². The first-order valence-corrected chi connectivity index (χ1v) is 11.2. The first-order chi connectivity index (χ1) is 14.1. The van der Waals surface area contributed by atoms with Gasteiger partial charge in [0.15, 0.2) is 11.6 Å². The van der Waals surface area contributed by atoms with Crippen LogP contribution in [0.1, 0.15) is 76.2 Å². The fourth-order valence-electron chi connectivity index (χ4n) is 5.27. The third-order valence-corrected chi connectivity index (χ3v) is 6.99. The Morgan fingerprint density at radius 3 is 2.47 bits per heavy atom. The Kier molecular flexibility index (Phi) is 9.80. The van der Waals surface area contributed by atoms with Crippen LogP contribution in [0.3, 0.4) is 0 Å².